The molecular formula is C16H17BrN2O2. The summed E-state index contributed by atoms with van der Waals surface area (Å²) in [6.07, 6.45) is 0. The summed E-state index contributed by atoms with van der Waals surface area (Å²) in [6, 6.07) is 14.7. The molecule has 21 heavy (non-hydrogen) atoms. The third-order valence-corrected chi connectivity index (χ3v) is 3.69. The van der Waals surface area contributed by atoms with E-state index in [0.29, 0.717) is 6.54 Å². The first-order valence-electron chi connectivity index (χ1n) is 6.51. The fraction of sp³-hybridized carbons (Fsp3) is 0.188. The second-order valence-electron chi connectivity index (χ2n) is 4.62. The van der Waals surface area contributed by atoms with Crippen LogP contribution < -0.4 is 15.8 Å². The zero-order valence-electron chi connectivity index (χ0n) is 11.7. The minimum atomic E-state index is -0.514. The number of nitrogens with two attached hydrogens (primary N) is 1. The van der Waals surface area contributed by atoms with Crippen molar-refractivity contribution >= 4 is 21.8 Å². The molecule has 110 valence electrons. The summed E-state index contributed by atoms with van der Waals surface area (Å²) in [5, 5.41) is 3.18. The second kappa shape index (κ2) is 7.24. The van der Waals surface area contributed by atoms with E-state index in [0.717, 1.165) is 21.3 Å². The molecule has 2 aromatic rings. The molecule has 3 N–H and O–H groups in total. The van der Waals surface area contributed by atoms with Gasteiger partial charge >= 0.3 is 0 Å². The lowest BCUT2D eigenvalue weighted by Gasteiger charge is -2.16. The number of carbonyl (C=O) groups is 1. The average molecular weight is 349 g/mol. The Morgan fingerprint density at radius 1 is 1.19 bits per heavy atom. The highest BCUT2D eigenvalue weighted by Crippen LogP contribution is 2.18. The van der Waals surface area contributed by atoms with Crippen LogP contribution in [0.2, 0.25) is 0 Å². The number of hydrogen-bond acceptors (Lipinski definition) is 3. The van der Waals surface area contributed by atoms with E-state index in [1.807, 2.05) is 48.5 Å². The third-order valence-electron chi connectivity index (χ3n) is 3.16. The first-order valence-corrected chi connectivity index (χ1v) is 7.30. The van der Waals surface area contributed by atoms with Crippen molar-refractivity contribution in [3.8, 4) is 5.75 Å². The van der Waals surface area contributed by atoms with Crippen molar-refractivity contribution in [1.29, 1.82) is 0 Å². The molecule has 0 aliphatic heterocycles. The topological polar surface area (TPSA) is 64.3 Å². The number of ether oxygens (including phenoxy) is 1. The van der Waals surface area contributed by atoms with Crippen LogP contribution >= 0.6 is 15.9 Å². The number of methoxy groups -OCH3 is 1. The quantitative estimate of drug-likeness (QED) is 0.843. The van der Waals surface area contributed by atoms with Gasteiger partial charge in [-0.05, 0) is 35.4 Å². The normalized spacial score (nSPS) is 11.9. The maximum atomic E-state index is 11.6. The van der Waals surface area contributed by atoms with E-state index < -0.39 is 11.9 Å². The van der Waals surface area contributed by atoms with Crippen LogP contribution in [0.1, 0.15) is 17.2 Å². The summed E-state index contributed by atoms with van der Waals surface area (Å²) >= 11 is 3.37. The van der Waals surface area contributed by atoms with E-state index >= 15 is 0 Å². The number of carbonyl (C=O) groups excluding carboxylic acids is 1. The Hall–Kier alpha value is -1.85. The van der Waals surface area contributed by atoms with Crippen LogP contribution in [0.4, 0.5) is 0 Å². The zero-order valence-corrected chi connectivity index (χ0v) is 13.3. The van der Waals surface area contributed by atoms with Crippen molar-refractivity contribution in [2.24, 2.45) is 5.73 Å². The number of primary amides is 1. The van der Waals surface area contributed by atoms with E-state index in [-0.39, 0.29) is 0 Å². The number of amides is 1. The van der Waals surface area contributed by atoms with Gasteiger partial charge in [-0.3, -0.25) is 10.1 Å². The predicted molar refractivity (Wildman–Crippen MR) is 85.9 cm³/mol. The van der Waals surface area contributed by atoms with Crippen LogP contribution in [-0.2, 0) is 11.3 Å². The fourth-order valence-electron chi connectivity index (χ4n) is 2.00. The van der Waals surface area contributed by atoms with Crippen LogP contribution in [0.3, 0.4) is 0 Å². The molecule has 4 nitrogen and oxygen atoms in total. The first kappa shape index (κ1) is 15.5. The van der Waals surface area contributed by atoms with Crippen LogP contribution in [0.5, 0.6) is 5.75 Å². The van der Waals surface area contributed by atoms with Gasteiger partial charge in [0.15, 0.2) is 0 Å². The Morgan fingerprint density at radius 2 is 1.81 bits per heavy atom. The van der Waals surface area contributed by atoms with Gasteiger partial charge in [-0.25, -0.2) is 0 Å². The van der Waals surface area contributed by atoms with Gasteiger partial charge in [-0.2, -0.15) is 0 Å². The lowest BCUT2D eigenvalue weighted by molar-refractivity contribution is -0.120. The molecule has 0 saturated heterocycles. The monoisotopic (exact) mass is 348 g/mol. The molecule has 2 rings (SSSR count). The van der Waals surface area contributed by atoms with Crippen LogP contribution in [0, 0.1) is 0 Å². The van der Waals surface area contributed by atoms with Gasteiger partial charge in [-0.1, -0.05) is 40.2 Å². The minimum absolute atomic E-state index is 0.397. The molecule has 0 radical (unpaired) electrons. The lowest BCUT2D eigenvalue weighted by Crippen LogP contribution is -2.33. The number of nitrogens with one attached hydrogen (secondary N) is 1. The molecule has 0 unspecified atom stereocenters. The Morgan fingerprint density at radius 3 is 2.33 bits per heavy atom. The van der Waals surface area contributed by atoms with Gasteiger partial charge in [0.1, 0.15) is 11.8 Å². The van der Waals surface area contributed by atoms with Crippen molar-refractivity contribution in [2.45, 2.75) is 12.6 Å². The SMILES string of the molecule is COc1ccc(CN[C@H](C(N)=O)c2ccc(Br)cc2)cc1. The predicted octanol–water partition coefficient (Wildman–Crippen LogP) is 2.77. The summed E-state index contributed by atoms with van der Waals surface area (Å²) in [4.78, 5) is 11.6. The highest BCUT2D eigenvalue weighted by Gasteiger charge is 2.16. The maximum absolute atomic E-state index is 11.6. The maximum Gasteiger partial charge on any atom is 0.239 e. The number of benzene rings is 2. The smallest absolute Gasteiger partial charge is 0.239 e. The average Bonchev–Trinajstić information content (AvgIpc) is 2.49. The Balaban J connectivity index is 2.06. The van der Waals surface area contributed by atoms with Gasteiger partial charge in [0.05, 0.1) is 7.11 Å². The van der Waals surface area contributed by atoms with Crippen molar-refractivity contribution in [3.05, 3.63) is 64.1 Å². The molecule has 0 fully saturated rings. The summed E-state index contributed by atoms with van der Waals surface area (Å²) < 4.78 is 6.08. The van der Waals surface area contributed by atoms with Gasteiger partial charge in [0.25, 0.3) is 0 Å². The van der Waals surface area contributed by atoms with E-state index in [1.54, 1.807) is 7.11 Å². The summed E-state index contributed by atoms with van der Waals surface area (Å²) in [5.74, 6) is 0.406. The molecular weight excluding hydrogens is 332 g/mol. The lowest BCUT2D eigenvalue weighted by atomic mass is 10.1. The molecule has 5 heteroatoms. The largest absolute Gasteiger partial charge is 0.497 e. The van der Waals surface area contributed by atoms with E-state index in [4.69, 9.17) is 10.5 Å². The van der Waals surface area contributed by atoms with Gasteiger partial charge in [-0.15, -0.1) is 0 Å². The molecule has 0 saturated carbocycles. The molecule has 0 spiro atoms. The van der Waals surface area contributed by atoms with Crippen molar-refractivity contribution in [2.75, 3.05) is 7.11 Å². The van der Waals surface area contributed by atoms with Crippen LogP contribution in [-0.4, -0.2) is 13.0 Å². The fourth-order valence-corrected chi connectivity index (χ4v) is 2.27. The van der Waals surface area contributed by atoms with Gasteiger partial charge in [0.2, 0.25) is 5.91 Å². The van der Waals surface area contributed by atoms with Crippen molar-refractivity contribution < 1.29 is 9.53 Å². The molecule has 1 amide bonds. The van der Waals surface area contributed by atoms with E-state index in [1.165, 1.54) is 0 Å². The molecule has 2 aromatic carbocycles. The zero-order chi connectivity index (χ0) is 15.2. The first-order chi connectivity index (χ1) is 10.1. The van der Waals surface area contributed by atoms with Crippen LogP contribution in [0.25, 0.3) is 0 Å². The standard InChI is InChI=1S/C16H17BrN2O2/c1-21-14-8-2-11(3-9-14)10-19-15(16(18)20)12-4-6-13(17)7-5-12/h2-9,15,19H,10H2,1H3,(H2,18,20)/t15-/m0/s1. The molecule has 0 aliphatic carbocycles. The highest BCUT2D eigenvalue weighted by atomic mass is 79.9. The van der Waals surface area contributed by atoms with Crippen molar-refractivity contribution in [3.63, 3.8) is 0 Å². The third kappa shape index (κ3) is 4.31. The number of hydrogen-bond donors (Lipinski definition) is 2. The van der Waals surface area contributed by atoms with E-state index in [9.17, 15) is 4.79 Å². The minimum Gasteiger partial charge on any atom is -0.497 e. The second-order valence-corrected chi connectivity index (χ2v) is 5.53. The highest BCUT2D eigenvalue weighted by molar-refractivity contribution is 9.10. The Labute approximate surface area is 132 Å². The number of halogens is 1. The Kier molecular flexibility index (Phi) is 5.36. The summed E-state index contributed by atoms with van der Waals surface area (Å²) in [5.41, 5.74) is 7.38. The summed E-state index contributed by atoms with van der Waals surface area (Å²) in [6.45, 7) is 0.549. The summed E-state index contributed by atoms with van der Waals surface area (Å²) in [7, 11) is 1.63. The molecule has 0 heterocycles. The van der Waals surface area contributed by atoms with Gasteiger partial charge < -0.3 is 10.5 Å². The Bertz CT molecular complexity index is 597. The number of rotatable bonds is 6. The molecule has 0 aromatic heterocycles. The van der Waals surface area contributed by atoms with Crippen LogP contribution in [0.15, 0.2) is 53.0 Å². The van der Waals surface area contributed by atoms with Crippen molar-refractivity contribution in [1.82, 2.24) is 5.32 Å². The van der Waals surface area contributed by atoms with Gasteiger partial charge in [0, 0.05) is 11.0 Å². The van der Waals surface area contributed by atoms with E-state index in [2.05, 4.69) is 21.2 Å². The molecule has 0 aliphatic rings. The molecule has 0 bridgehead atoms. The molecule has 1 atom stereocenters.